The van der Waals surface area contributed by atoms with Gasteiger partial charge in [0.1, 0.15) is 18.0 Å². The smallest absolute Gasteiger partial charge is 0.246 e. The Morgan fingerprint density at radius 1 is 0.892 bits per heavy atom. The minimum absolute atomic E-state index is 0.0884. The Labute approximate surface area is 216 Å². The van der Waals surface area contributed by atoms with E-state index in [-0.39, 0.29) is 18.4 Å². The summed E-state index contributed by atoms with van der Waals surface area (Å²) in [6.45, 7) is 2.05. The molecule has 0 aliphatic rings. The van der Waals surface area contributed by atoms with Crippen LogP contribution in [0.5, 0.6) is 11.5 Å². The molecule has 1 N–H and O–H groups in total. The largest absolute Gasteiger partial charge is 0.497 e. The molecule has 3 aromatic carbocycles. The van der Waals surface area contributed by atoms with Gasteiger partial charge in [0.15, 0.2) is 0 Å². The first-order valence-electron chi connectivity index (χ1n) is 12.0. The monoisotopic (exact) mass is 498 g/mol. The number of hydrogen-bond acceptors (Lipinski definition) is 5. The summed E-state index contributed by atoms with van der Waals surface area (Å²) in [7, 11) is 3.23. The van der Waals surface area contributed by atoms with Crippen molar-refractivity contribution in [2.75, 3.05) is 26.1 Å². The topological polar surface area (TPSA) is 85.7 Å². The van der Waals surface area contributed by atoms with E-state index in [1.54, 1.807) is 30.6 Å². The molecular weight excluding hydrogens is 468 g/mol. The van der Waals surface area contributed by atoms with E-state index in [0.29, 0.717) is 24.6 Å². The van der Waals surface area contributed by atoms with Gasteiger partial charge in [-0.05, 0) is 54.1 Å². The lowest BCUT2D eigenvalue weighted by molar-refractivity contribution is -0.135. The molecule has 0 saturated carbocycles. The van der Waals surface area contributed by atoms with Crippen LogP contribution < -0.4 is 14.8 Å². The number of benzene rings is 3. The predicted molar refractivity (Wildman–Crippen MR) is 143 cm³/mol. The number of aromatic nitrogens is 2. The SMILES string of the molecule is CCC(=O)N(CC(=O)Nc1nc(-c2ccc(OC)cc2)cn1-c1ccc(OC)cc1)Cc1ccccc1. The molecule has 4 aromatic rings. The molecular formula is C29H30N4O4. The Balaban J connectivity index is 1.61. The average Bonchev–Trinajstić information content (AvgIpc) is 3.36. The first-order chi connectivity index (χ1) is 18.0. The van der Waals surface area contributed by atoms with Crippen molar-refractivity contribution in [1.29, 1.82) is 0 Å². The van der Waals surface area contributed by atoms with Gasteiger partial charge >= 0.3 is 0 Å². The first kappa shape index (κ1) is 25.5. The first-order valence-corrected chi connectivity index (χ1v) is 12.0. The van der Waals surface area contributed by atoms with E-state index in [4.69, 9.17) is 14.5 Å². The minimum atomic E-state index is -0.334. The lowest BCUT2D eigenvalue weighted by atomic mass is 10.1. The summed E-state index contributed by atoms with van der Waals surface area (Å²) in [4.78, 5) is 32.0. The van der Waals surface area contributed by atoms with Crippen molar-refractivity contribution >= 4 is 17.8 Å². The van der Waals surface area contributed by atoms with Crippen LogP contribution >= 0.6 is 0 Å². The zero-order valence-corrected chi connectivity index (χ0v) is 21.2. The molecule has 2 amide bonds. The lowest BCUT2D eigenvalue weighted by Crippen LogP contribution is -2.37. The second-order valence-corrected chi connectivity index (χ2v) is 8.38. The fourth-order valence-electron chi connectivity index (χ4n) is 3.91. The van der Waals surface area contributed by atoms with Crippen molar-refractivity contribution in [1.82, 2.24) is 14.5 Å². The molecule has 0 unspecified atom stereocenters. The average molecular weight is 499 g/mol. The Morgan fingerprint density at radius 2 is 1.51 bits per heavy atom. The number of methoxy groups -OCH3 is 2. The maximum Gasteiger partial charge on any atom is 0.246 e. The molecule has 0 atom stereocenters. The molecule has 8 nitrogen and oxygen atoms in total. The van der Waals surface area contributed by atoms with Crippen molar-refractivity contribution in [3.63, 3.8) is 0 Å². The number of imidazole rings is 1. The van der Waals surface area contributed by atoms with Gasteiger partial charge < -0.3 is 14.4 Å². The zero-order chi connectivity index (χ0) is 26.2. The van der Waals surface area contributed by atoms with Crippen LogP contribution in [0.1, 0.15) is 18.9 Å². The van der Waals surface area contributed by atoms with E-state index >= 15 is 0 Å². The third kappa shape index (κ3) is 6.35. The molecule has 0 saturated heterocycles. The van der Waals surface area contributed by atoms with E-state index in [0.717, 1.165) is 28.3 Å². The van der Waals surface area contributed by atoms with Crippen molar-refractivity contribution in [3.8, 4) is 28.4 Å². The number of nitrogens with zero attached hydrogens (tertiary/aromatic N) is 3. The highest BCUT2D eigenvalue weighted by Gasteiger charge is 2.19. The summed E-state index contributed by atoms with van der Waals surface area (Å²) in [6, 6.07) is 24.6. The number of ether oxygens (including phenoxy) is 2. The molecule has 0 radical (unpaired) electrons. The normalized spacial score (nSPS) is 10.6. The van der Waals surface area contributed by atoms with Crippen LogP contribution in [0.3, 0.4) is 0 Å². The molecule has 0 bridgehead atoms. The summed E-state index contributed by atoms with van der Waals surface area (Å²) in [6.07, 6.45) is 2.17. The lowest BCUT2D eigenvalue weighted by Gasteiger charge is -2.22. The van der Waals surface area contributed by atoms with Crippen molar-refractivity contribution in [2.24, 2.45) is 0 Å². The van der Waals surface area contributed by atoms with E-state index in [9.17, 15) is 9.59 Å². The maximum atomic E-state index is 13.2. The molecule has 1 aromatic heterocycles. The van der Waals surface area contributed by atoms with Crippen LogP contribution in [0.2, 0.25) is 0 Å². The molecule has 37 heavy (non-hydrogen) atoms. The fourth-order valence-corrected chi connectivity index (χ4v) is 3.91. The molecule has 8 heteroatoms. The minimum Gasteiger partial charge on any atom is -0.497 e. The summed E-state index contributed by atoms with van der Waals surface area (Å²) >= 11 is 0. The van der Waals surface area contributed by atoms with Gasteiger partial charge in [-0.2, -0.15) is 0 Å². The Hall–Kier alpha value is -4.59. The highest BCUT2D eigenvalue weighted by atomic mass is 16.5. The number of hydrogen-bond donors (Lipinski definition) is 1. The Kier molecular flexibility index (Phi) is 8.20. The molecule has 0 aliphatic carbocycles. The summed E-state index contributed by atoms with van der Waals surface area (Å²) in [5.41, 5.74) is 3.31. The van der Waals surface area contributed by atoms with Crippen LogP contribution in [0.25, 0.3) is 16.9 Å². The predicted octanol–water partition coefficient (Wildman–Crippen LogP) is 4.93. The number of rotatable bonds is 10. The summed E-state index contributed by atoms with van der Waals surface area (Å²) in [5, 5.41) is 2.91. The van der Waals surface area contributed by atoms with Crippen LogP contribution in [0, 0.1) is 0 Å². The fraction of sp³-hybridized carbons (Fsp3) is 0.207. The second kappa shape index (κ2) is 11.9. The van der Waals surface area contributed by atoms with Crippen LogP contribution in [0.4, 0.5) is 5.95 Å². The van der Waals surface area contributed by atoms with Gasteiger partial charge in [0, 0.05) is 30.4 Å². The van der Waals surface area contributed by atoms with Gasteiger partial charge in [0.25, 0.3) is 0 Å². The zero-order valence-electron chi connectivity index (χ0n) is 21.2. The number of carbonyl (C=O) groups is 2. The Morgan fingerprint density at radius 3 is 2.11 bits per heavy atom. The van der Waals surface area contributed by atoms with Crippen molar-refractivity contribution in [2.45, 2.75) is 19.9 Å². The standard InChI is InChI=1S/C29H30N4O4/c1-4-28(35)32(18-21-8-6-5-7-9-21)20-27(34)31-29-30-26(22-10-14-24(36-2)15-11-22)19-33(29)23-12-16-25(37-3)17-13-23/h5-17,19H,4,18,20H2,1-3H3,(H,30,31,34). The third-order valence-electron chi connectivity index (χ3n) is 5.90. The number of amides is 2. The molecule has 0 aliphatic heterocycles. The quantitative estimate of drug-likeness (QED) is 0.335. The summed E-state index contributed by atoms with van der Waals surface area (Å²) in [5.74, 6) is 1.38. The van der Waals surface area contributed by atoms with Gasteiger partial charge in [0.05, 0.1) is 19.9 Å². The van der Waals surface area contributed by atoms with Crippen molar-refractivity contribution in [3.05, 3.63) is 90.6 Å². The number of nitrogens with one attached hydrogen (secondary N) is 1. The Bertz CT molecular complexity index is 1330. The van der Waals surface area contributed by atoms with Gasteiger partial charge in [-0.3, -0.25) is 19.5 Å². The van der Waals surface area contributed by atoms with E-state index in [1.165, 1.54) is 0 Å². The highest BCUT2D eigenvalue weighted by Crippen LogP contribution is 2.27. The van der Waals surface area contributed by atoms with Gasteiger partial charge in [-0.1, -0.05) is 37.3 Å². The molecule has 4 rings (SSSR count). The van der Waals surface area contributed by atoms with Gasteiger partial charge in [-0.15, -0.1) is 0 Å². The molecule has 0 fully saturated rings. The maximum absolute atomic E-state index is 13.2. The van der Waals surface area contributed by atoms with Crippen molar-refractivity contribution < 1.29 is 19.1 Å². The number of anilines is 1. The highest BCUT2D eigenvalue weighted by molar-refractivity contribution is 5.93. The van der Waals surface area contributed by atoms with E-state index in [1.807, 2.05) is 85.1 Å². The van der Waals surface area contributed by atoms with E-state index < -0.39 is 0 Å². The number of carbonyl (C=O) groups excluding carboxylic acids is 2. The van der Waals surface area contributed by atoms with Crippen LogP contribution in [-0.2, 0) is 16.1 Å². The van der Waals surface area contributed by atoms with Crippen LogP contribution in [0.15, 0.2) is 85.1 Å². The molecule has 1 heterocycles. The van der Waals surface area contributed by atoms with Crippen LogP contribution in [-0.4, -0.2) is 47.0 Å². The molecule has 0 spiro atoms. The van der Waals surface area contributed by atoms with Gasteiger partial charge in [0.2, 0.25) is 17.8 Å². The second-order valence-electron chi connectivity index (χ2n) is 8.38. The van der Waals surface area contributed by atoms with E-state index in [2.05, 4.69) is 5.32 Å². The summed E-state index contributed by atoms with van der Waals surface area (Å²) < 4.78 is 12.3. The van der Waals surface area contributed by atoms with Gasteiger partial charge in [-0.25, -0.2) is 4.98 Å². The third-order valence-corrected chi connectivity index (χ3v) is 5.90. The molecule has 190 valence electrons.